The fourth-order valence-electron chi connectivity index (χ4n) is 2.41. The zero-order valence-electron chi connectivity index (χ0n) is 12.5. The Morgan fingerprint density at radius 3 is 2.00 bits per heavy atom. The molecule has 4 heteroatoms. The summed E-state index contributed by atoms with van der Waals surface area (Å²) in [7, 11) is 0. The monoisotopic (exact) mass is 299 g/mol. The van der Waals surface area contributed by atoms with E-state index in [-0.39, 0.29) is 12.5 Å². The Hall–Kier alpha value is -2.17. The smallest absolute Gasteiger partial charge is 0.320 e. The Bertz CT molecular complexity index is 538. The maximum atomic E-state index is 11.5. The summed E-state index contributed by atoms with van der Waals surface area (Å²) >= 11 is 0. The first-order valence-corrected chi connectivity index (χ1v) is 7.34. The number of aliphatic hydroxyl groups excluding tert-OH is 1. The molecule has 3 N–H and O–H groups in total. The summed E-state index contributed by atoms with van der Waals surface area (Å²) in [5.41, 5.74) is 1.74. The fourth-order valence-corrected chi connectivity index (χ4v) is 2.41. The summed E-state index contributed by atoms with van der Waals surface area (Å²) in [6.07, 6.45) is -0.686. The van der Waals surface area contributed by atoms with Crippen molar-refractivity contribution in [2.75, 3.05) is 0 Å². The maximum absolute atomic E-state index is 11.5. The van der Waals surface area contributed by atoms with Crippen LogP contribution in [-0.4, -0.2) is 22.2 Å². The highest BCUT2D eigenvalue weighted by molar-refractivity contribution is 5.73. The molecule has 0 saturated heterocycles. The van der Waals surface area contributed by atoms with E-state index in [4.69, 9.17) is 0 Å². The molecule has 2 aromatic rings. The Labute approximate surface area is 130 Å². The van der Waals surface area contributed by atoms with E-state index in [0.717, 1.165) is 11.1 Å². The molecule has 2 aromatic carbocycles. The van der Waals surface area contributed by atoms with Gasteiger partial charge in [-0.05, 0) is 18.1 Å². The average Bonchev–Trinajstić information content (AvgIpc) is 2.55. The van der Waals surface area contributed by atoms with Crippen molar-refractivity contribution in [3.63, 3.8) is 0 Å². The number of aliphatic hydroxyl groups is 1. The number of hydrogen-bond acceptors (Lipinski definition) is 3. The summed E-state index contributed by atoms with van der Waals surface area (Å²) in [4.78, 5) is 11.5. The highest BCUT2D eigenvalue weighted by atomic mass is 16.4. The second-order valence-electron chi connectivity index (χ2n) is 5.35. The van der Waals surface area contributed by atoms with Gasteiger partial charge in [-0.3, -0.25) is 10.1 Å². The van der Waals surface area contributed by atoms with Crippen LogP contribution in [0.5, 0.6) is 0 Å². The lowest BCUT2D eigenvalue weighted by Gasteiger charge is -2.23. The number of carboxylic acid groups (broad SMARTS) is 1. The van der Waals surface area contributed by atoms with Crippen LogP contribution in [0.3, 0.4) is 0 Å². The molecule has 0 saturated carbocycles. The molecule has 22 heavy (non-hydrogen) atoms. The molecule has 0 heterocycles. The largest absolute Gasteiger partial charge is 0.480 e. The van der Waals surface area contributed by atoms with Crippen LogP contribution < -0.4 is 5.32 Å². The van der Waals surface area contributed by atoms with Gasteiger partial charge in [0.25, 0.3) is 0 Å². The number of hydrogen-bond donors (Lipinski definition) is 3. The lowest BCUT2D eigenvalue weighted by Crippen LogP contribution is -2.39. The Kier molecular flexibility index (Phi) is 5.69. The van der Waals surface area contributed by atoms with Crippen molar-refractivity contribution in [3.05, 3.63) is 71.8 Å². The third-order valence-electron chi connectivity index (χ3n) is 3.69. The minimum Gasteiger partial charge on any atom is -0.480 e. The molecule has 0 amide bonds. The van der Waals surface area contributed by atoms with Crippen LogP contribution in [0, 0.1) is 0 Å². The molecule has 0 aromatic heterocycles. The van der Waals surface area contributed by atoms with Gasteiger partial charge in [0.05, 0.1) is 6.10 Å². The van der Waals surface area contributed by atoms with E-state index in [1.807, 2.05) is 55.5 Å². The van der Waals surface area contributed by atoms with Crippen molar-refractivity contribution in [1.82, 2.24) is 5.32 Å². The van der Waals surface area contributed by atoms with Crippen LogP contribution in [0.15, 0.2) is 60.7 Å². The minimum atomic E-state index is -0.960. The molecule has 0 radical (unpaired) electrons. The highest BCUT2D eigenvalue weighted by Gasteiger charge is 2.24. The normalized spacial score (nSPS) is 15.0. The Morgan fingerprint density at radius 1 is 1.00 bits per heavy atom. The van der Waals surface area contributed by atoms with E-state index in [1.165, 1.54) is 0 Å². The van der Waals surface area contributed by atoms with Gasteiger partial charge in [0.15, 0.2) is 0 Å². The van der Waals surface area contributed by atoms with E-state index in [9.17, 15) is 15.0 Å². The predicted molar refractivity (Wildman–Crippen MR) is 85.4 cm³/mol. The minimum absolute atomic E-state index is 0.106. The second-order valence-corrected chi connectivity index (χ2v) is 5.35. The molecule has 0 unspecified atom stereocenters. The summed E-state index contributed by atoms with van der Waals surface area (Å²) in [5, 5.41) is 22.7. The van der Waals surface area contributed by atoms with E-state index in [0.29, 0.717) is 0 Å². The van der Waals surface area contributed by atoms with Gasteiger partial charge in [0, 0.05) is 12.5 Å². The molecule has 0 aliphatic rings. The summed E-state index contributed by atoms with van der Waals surface area (Å²) in [5.74, 6) is -0.960. The molecule has 0 bridgehead atoms. The van der Waals surface area contributed by atoms with Crippen LogP contribution in [0.4, 0.5) is 0 Å². The van der Waals surface area contributed by atoms with Gasteiger partial charge in [-0.15, -0.1) is 0 Å². The van der Waals surface area contributed by atoms with E-state index in [2.05, 4.69) is 5.32 Å². The van der Waals surface area contributed by atoms with E-state index < -0.39 is 18.1 Å². The lowest BCUT2D eigenvalue weighted by atomic mass is 10.0. The molecule has 3 atom stereocenters. The van der Waals surface area contributed by atoms with Gasteiger partial charge < -0.3 is 10.2 Å². The van der Waals surface area contributed by atoms with Crippen LogP contribution in [0.2, 0.25) is 0 Å². The average molecular weight is 299 g/mol. The zero-order valence-corrected chi connectivity index (χ0v) is 12.5. The molecule has 0 fully saturated rings. The topological polar surface area (TPSA) is 69.6 Å². The third-order valence-corrected chi connectivity index (χ3v) is 3.69. The van der Waals surface area contributed by atoms with Gasteiger partial charge in [-0.25, -0.2) is 0 Å². The molecule has 0 aliphatic heterocycles. The van der Waals surface area contributed by atoms with Gasteiger partial charge in [0.2, 0.25) is 0 Å². The first-order chi connectivity index (χ1) is 10.6. The fraction of sp³-hybridized carbons (Fsp3) is 0.278. The quantitative estimate of drug-likeness (QED) is 0.735. The van der Waals surface area contributed by atoms with Crippen molar-refractivity contribution in [1.29, 1.82) is 0 Å². The third kappa shape index (κ3) is 4.41. The molecule has 4 nitrogen and oxygen atoms in total. The van der Waals surface area contributed by atoms with Crippen LogP contribution in [0.25, 0.3) is 0 Å². The van der Waals surface area contributed by atoms with Gasteiger partial charge in [-0.2, -0.15) is 0 Å². The van der Waals surface area contributed by atoms with Crippen molar-refractivity contribution in [2.24, 2.45) is 0 Å². The predicted octanol–water partition coefficient (Wildman–Crippen LogP) is 2.91. The molecule has 0 aliphatic carbocycles. The van der Waals surface area contributed by atoms with Crippen LogP contribution in [-0.2, 0) is 4.79 Å². The SMILES string of the molecule is C[C@H](N[C@@H](C[C@@H](O)c1ccccc1)C(=O)O)c1ccccc1. The maximum Gasteiger partial charge on any atom is 0.320 e. The zero-order chi connectivity index (χ0) is 15.9. The molecule has 0 spiro atoms. The van der Waals surface area contributed by atoms with Gasteiger partial charge >= 0.3 is 5.97 Å². The molecule has 116 valence electrons. The first-order valence-electron chi connectivity index (χ1n) is 7.34. The lowest BCUT2D eigenvalue weighted by molar-refractivity contribution is -0.140. The van der Waals surface area contributed by atoms with Crippen molar-refractivity contribution in [3.8, 4) is 0 Å². The highest BCUT2D eigenvalue weighted by Crippen LogP contribution is 2.20. The molecule has 2 rings (SSSR count). The molecular formula is C18H21NO3. The standard InChI is InChI=1S/C18H21NO3/c1-13(14-8-4-2-5-9-14)19-16(18(21)22)12-17(20)15-10-6-3-7-11-15/h2-11,13,16-17,19-20H,12H2,1H3,(H,21,22)/t13-,16-,17+/m0/s1. The summed E-state index contributed by atoms with van der Waals surface area (Å²) in [6, 6.07) is 17.8. The number of aliphatic carboxylic acids is 1. The van der Waals surface area contributed by atoms with Crippen molar-refractivity contribution < 1.29 is 15.0 Å². The summed E-state index contributed by atoms with van der Waals surface area (Å²) in [6.45, 7) is 1.92. The van der Waals surface area contributed by atoms with Crippen molar-refractivity contribution in [2.45, 2.75) is 31.5 Å². The number of carboxylic acids is 1. The van der Waals surface area contributed by atoms with Gasteiger partial charge in [0.1, 0.15) is 6.04 Å². The van der Waals surface area contributed by atoms with Gasteiger partial charge in [-0.1, -0.05) is 60.7 Å². The van der Waals surface area contributed by atoms with Crippen LogP contribution >= 0.6 is 0 Å². The second kappa shape index (κ2) is 7.73. The Balaban J connectivity index is 2.03. The molecular weight excluding hydrogens is 278 g/mol. The number of benzene rings is 2. The van der Waals surface area contributed by atoms with Crippen LogP contribution in [0.1, 0.15) is 36.6 Å². The number of rotatable bonds is 7. The van der Waals surface area contributed by atoms with Crippen molar-refractivity contribution >= 4 is 5.97 Å². The summed E-state index contributed by atoms with van der Waals surface area (Å²) < 4.78 is 0. The van der Waals surface area contributed by atoms with E-state index >= 15 is 0 Å². The Morgan fingerprint density at radius 2 is 1.50 bits per heavy atom. The number of carbonyl (C=O) groups is 1. The number of nitrogens with one attached hydrogen (secondary N) is 1. The van der Waals surface area contributed by atoms with E-state index in [1.54, 1.807) is 12.1 Å². The first kappa shape index (κ1) is 16.2.